The topological polar surface area (TPSA) is 53.6 Å². The van der Waals surface area contributed by atoms with Crippen LogP contribution in [-0.4, -0.2) is 61.0 Å². The number of hydrogen-bond acceptors (Lipinski definition) is 5. The van der Waals surface area contributed by atoms with E-state index < -0.39 is 0 Å². The van der Waals surface area contributed by atoms with Crippen molar-refractivity contribution in [2.45, 2.75) is 18.4 Å². The van der Waals surface area contributed by atoms with Crippen LogP contribution >= 0.6 is 0 Å². The summed E-state index contributed by atoms with van der Waals surface area (Å²) in [5, 5.41) is 0. The number of aromatic amines is 1. The Morgan fingerprint density at radius 3 is 2.82 bits per heavy atom. The molecule has 4 rings (SSSR count). The molecule has 0 amide bonds. The van der Waals surface area contributed by atoms with Gasteiger partial charge in [-0.1, -0.05) is 0 Å². The standard InChI is InChI=1S/C16H22N4O2/c1-19-10-16(22-11-19)5-7-20(8-6-16)15-17-13-4-3-12(21-2)9-14(13)18-15/h3-4,9H,5-8,10-11H2,1-2H3,(H,17,18). The molecule has 6 nitrogen and oxygen atoms in total. The Labute approximate surface area is 130 Å². The van der Waals surface area contributed by atoms with Gasteiger partial charge in [0.2, 0.25) is 5.95 Å². The molecule has 2 fully saturated rings. The zero-order chi connectivity index (χ0) is 15.2. The minimum Gasteiger partial charge on any atom is -0.497 e. The Hall–Kier alpha value is -1.79. The Morgan fingerprint density at radius 2 is 2.14 bits per heavy atom. The third-order valence-corrected chi connectivity index (χ3v) is 4.80. The lowest BCUT2D eigenvalue weighted by Gasteiger charge is -2.38. The number of fused-ring (bicyclic) bond motifs is 1. The molecule has 0 bridgehead atoms. The normalized spacial score (nSPS) is 21.8. The van der Waals surface area contributed by atoms with E-state index in [9.17, 15) is 0 Å². The van der Waals surface area contributed by atoms with Crippen LogP contribution in [0.1, 0.15) is 12.8 Å². The number of nitrogens with zero attached hydrogens (tertiary/aromatic N) is 3. The van der Waals surface area contributed by atoms with Crippen LogP contribution < -0.4 is 9.64 Å². The van der Waals surface area contributed by atoms with E-state index in [0.717, 1.165) is 61.9 Å². The summed E-state index contributed by atoms with van der Waals surface area (Å²) in [4.78, 5) is 12.7. The number of imidazole rings is 1. The van der Waals surface area contributed by atoms with Crippen molar-refractivity contribution in [2.24, 2.45) is 0 Å². The SMILES string of the molecule is COc1ccc2[nH]c(N3CCC4(CC3)CN(C)CO4)nc2c1. The number of rotatable bonds is 2. The fraction of sp³-hybridized carbons (Fsp3) is 0.562. The molecule has 2 aliphatic rings. The smallest absolute Gasteiger partial charge is 0.203 e. The van der Waals surface area contributed by atoms with Crippen LogP contribution in [0, 0.1) is 0 Å². The molecule has 0 radical (unpaired) electrons. The van der Waals surface area contributed by atoms with Crippen molar-refractivity contribution in [2.75, 3.05) is 45.4 Å². The van der Waals surface area contributed by atoms with Crippen molar-refractivity contribution in [1.29, 1.82) is 0 Å². The van der Waals surface area contributed by atoms with Gasteiger partial charge in [-0.25, -0.2) is 4.98 Å². The molecular weight excluding hydrogens is 280 g/mol. The first-order valence-corrected chi connectivity index (χ1v) is 7.79. The summed E-state index contributed by atoms with van der Waals surface area (Å²) in [6, 6.07) is 5.94. The number of hydrogen-bond donors (Lipinski definition) is 1. The number of ether oxygens (including phenoxy) is 2. The predicted molar refractivity (Wildman–Crippen MR) is 85.4 cm³/mol. The monoisotopic (exact) mass is 302 g/mol. The summed E-state index contributed by atoms with van der Waals surface area (Å²) in [6.07, 6.45) is 2.11. The second-order valence-electron chi connectivity index (χ2n) is 6.40. The molecule has 1 aromatic carbocycles. The van der Waals surface area contributed by atoms with Crippen molar-refractivity contribution in [3.63, 3.8) is 0 Å². The van der Waals surface area contributed by atoms with E-state index in [1.807, 2.05) is 18.2 Å². The van der Waals surface area contributed by atoms with E-state index in [4.69, 9.17) is 14.5 Å². The second kappa shape index (κ2) is 5.14. The number of nitrogens with one attached hydrogen (secondary N) is 1. The first-order valence-electron chi connectivity index (χ1n) is 7.79. The summed E-state index contributed by atoms with van der Waals surface area (Å²) < 4.78 is 11.3. The van der Waals surface area contributed by atoms with Gasteiger partial charge < -0.3 is 19.4 Å². The molecule has 0 saturated carbocycles. The largest absolute Gasteiger partial charge is 0.497 e. The van der Waals surface area contributed by atoms with Gasteiger partial charge in [-0.05, 0) is 32.0 Å². The summed E-state index contributed by atoms with van der Waals surface area (Å²) in [5.41, 5.74) is 2.06. The molecule has 2 saturated heterocycles. The average Bonchev–Trinajstić information content (AvgIpc) is 3.11. The highest BCUT2D eigenvalue weighted by Gasteiger charge is 2.41. The Morgan fingerprint density at radius 1 is 1.32 bits per heavy atom. The van der Waals surface area contributed by atoms with Crippen LogP contribution in [0.2, 0.25) is 0 Å². The Bertz CT molecular complexity index is 676. The van der Waals surface area contributed by atoms with Gasteiger partial charge in [0.1, 0.15) is 5.75 Å². The molecule has 0 unspecified atom stereocenters. The molecule has 1 aromatic heterocycles. The molecule has 118 valence electrons. The number of piperidine rings is 1. The number of likely N-dealkylation sites (N-methyl/N-ethyl adjacent to an activating group) is 1. The first-order chi connectivity index (χ1) is 10.7. The van der Waals surface area contributed by atoms with Crippen LogP contribution in [0.15, 0.2) is 18.2 Å². The van der Waals surface area contributed by atoms with E-state index >= 15 is 0 Å². The molecule has 2 aliphatic heterocycles. The predicted octanol–water partition coefficient (Wildman–Crippen LogP) is 1.83. The number of anilines is 1. The van der Waals surface area contributed by atoms with E-state index in [0.29, 0.717) is 0 Å². The second-order valence-corrected chi connectivity index (χ2v) is 6.40. The number of methoxy groups -OCH3 is 1. The van der Waals surface area contributed by atoms with E-state index in [-0.39, 0.29) is 5.60 Å². The van der Waals surface area contributed by atoms with Gasteiger partial charge in [-0.3, -0.25) is 4.90 Å². The zero-order valence-corrected chi connectivity index (χ0v) is 13.1. The van der Waals surface area contributed by atoms with Gasteiger partial charge >= 0.3 is 0 Å². The minimum absolute atomic E-state index is 0.0560. The van der Waals surface area contributed by atoms with Crippen LogP contribution in [0.5, 0.6) is 5.75 Å². The molecule has 3 heterocycles. The van der Waals surface area contributed by atoms with Crippen LogP contribution in [0.25, 0.3) is 11.0 Å². The Kier molecular flexibility index (Phi) is 3.23. The zero-order valence-electron chi connectivity index (χ0n) is 13.1. The highest BCUT2D eigenvalue weighted by Crippen LogP contribution is 2.33. The third-order valence-electron chi connectivity index (χ3n) is 4.80. The maximum absolute atomic E-state index is 6.02. The Balaban J connectivity index is 1.51. The molecule has 6 heteroatoms. The lowest BCUT2D eigenvalue weighted by Crippen LogP contribution is -2.47. The quantitative estimate of drug-likeness (QED) is 0.917. The van der Waals surface area contributed by atoms with Crippen LogP contribution in [0.3, 0.4) is 0 Å². The van der Waals surface area contributed by atoms with Crippen molar-refractivity contribution in [1.82, 2.24) is 14.9 Å². The van der Waals surface area contributed by atoms with E-state index in [1.54, 1.807) is 7.11 Å². The lowest BCUT2D eigenvalue weighted by atomic mass is 9.91. The lowest BCUT2D eigenvalue weighted by molar-refractivity contribution is -0.0115. The summed E-state index contributed by atoms with van der Waals surface area (Å²) in [5.74, 6) is 1.79. The molecule has 0 atom stereocenters. The van der Waals surface area contributed by atoms with Gasteiger partial charge in [0, 0.05) is 25.7 Å². The van der Waals surface area contributed by atoms with Crippen molar-refractivity contribution in [3.05, 3.63) is 18.2 Å². The molecule has 1 N–H and O–H groups in total. The van der Waals surface area contributed by atoms with Crippen molar-refractivity contribution in [3.8, 4) is 5.75 Å². The van der Waals surface area contributed by atoms with Gasteiger partial charge in [-0.15, -0.1) is 0 Å². The van der Waals surface area contributed by atoms with Crippen molar-refractivity contribution >= 4 is 17.0 Å². The highest BCUT2D eigenvalue weighted by atomic mass is 16.5. The van der Waals surface area contributed by atoms with Gasteiger partial charge in [0.15, 0.2) is 0 Å². The van der Waals surface area contributed by atoms with Crippen molar-refractivity contribution < 1.29 is 9.47 Å². The van der Waals surface area contributed by atoms with Gasteiger partial charge in [0.05, 0.1) is 30.5 Å². The number of aromatic nitrogens is 2. The number of benzene rings is 1. The molecule has 1 spiro atoms. The van der Waals surface area contributed by atoms with Crippen LogP contribution in [0.4, 0.5) is 5.95 Å². The summed E-state index contributed by atoms with van der Waals surface area (Å²) in [7, 11) is 3.80. The fourth-order valence-electron chi connectivity index (χ4n) is 3.51. The van der Waals surface area contributed by atoms with Gasteiger partial charge in [-0.2, -0.15) is 0 Å². The maximum atomic E-state index is 6.02. The minimum atomic E-state index is 0.0560. The first kappa shape index (κ1) is 13.8. The highest BCUT2D eigenvalue weighted by molar-refractivity contribution is 5.79. The molecule has 2 aromatic rings. The third kappa shape index (κ3) is 2.32. The molecular formula is C16H22N4O2. The van der Waals surface area contributed by atoms with E-state index in [2.05, 4.69) is 21.8 Å². The average molecular weight is 302 g/mol. The summed E-state index contributed by atoms with van der Waals surface area (Å²) >= 11 is 0. The molecule has 22 heavy (non-hydrogen) atoms. The summed E-state index contributed by atoms with van der Waals surface area (Å²) in [6.45, 7) is 3.75. The van der Waals surface area contributed by atoms with Gasteiger partial charge in [0.25, 0.3) is 0 Å². The van der Waals surface area contributed by atoms with E-state index in [1.165, 1.54) is 0 Å². The van der Waals surface area contributed by atoms with Crippen LogP contribution in [-0.2, 0) is 4.74 Å². The molecule has 0 aliphatic carbocycles. The number of H-pyrrole nitrogens is 1. The maximum Gasteiger partial charge on any atom is 0.203 e. The fourth-order valence-corrected chi connectivity index (χ4v) is 3.51.